The fourth-order valence-corrected chi connectivity index (χ4v) is 8.35. The van der Waals surface area contributed by atoms with Crippen LogP contribution in [-0.4, -0.2) is 155 Å². The quantitative estimate of drug-likeness (QED) is 0.0158. The Hall–Kier alpha value is -9.22. The number of hydrogen-bond acceptors (Lipinski definition) is 14. The molecular formula is C53H83N19O11. The average Bonchev–Trinajstić information content (AvgIpc) is 4.10. The van der Waals surface area contributed by atoms with Crippen LogP contribution < -0.4 is 82.7 Å². The summed E-state index contributed by atoms with van der Waals surface area (Å²) in [6.45, 7) is 4.37. The molecule has 0 saturated heterocycles. The van der Waals surface area contributed by atoms with Crippen molar-refractivity contribution in [2.24, 2.45) is 61.0 Å². The first kappa shape index (κ1) is 68.1. The molecule has 2 aromatic carbocycles. The second-order valence-corrected chi connectivity index (χ2v) is 20.0. The first-order chi connectivity index (χ1) is 39.4. The Bertz CT molecular complexity index is 2730. The molecule has 3 rings (SSSR count). The number of aliphatic carboxylic acids is 1. The number of primary amides is 1. The Kier molecular flexibility index (Phi) is 29.7. The number of guanidine groups is 3. The van der Waals surface area contributed by atoms with Crippen LogP contribution in [0.4, 0.5) is 4.79 Å². The van der Waals surface area contributed by atoms with Crippen LogP contribution in [0.25, 0.3) is 10.9 Å². The van der Waals surface area contributed by atoms with E-state index in [1.807, 2.05) is 0 Å². The lowest BCUT2D eigenvalue weighted by atomic mass is 10.00. The topological polar surface area (TPSA) is 525 Å². The Balaban J connectivity index is 2.04. The largest absolute Gasteiger partial charge is 0.508 e. The van der Waals surface area contributed by atoms with Gasteiger partial charge >= 0.3 is 12.0 Å². The SMILES string of the molecule is CC(C)C[C@H](NC(=O)[C@H](CCCN=C(N)NC(=O)NCCCCN)NC(=O)[C@H](Cc1c[nH]c2ccccc12)NC(=O)[C@H](CCCN=C(N)N)NC(=O)CCC(=O)O)C(=O)N[C@@H](CCCN=C(N)N)C(=O)N[C@@H](Cc1ccc(O)cc1)C(N)=O. The fraction of sp³-hybridized carbons (Fsp3) is 0.509. The van der Waals surface area contributed by atoms with Crippen molar-refractivity contribution >= 4 is 82.1 Å². The number of aliphatic imine (C=N–C) groups is 3. The van der Waals surface area contributed by atoms with E-state index in [0.29, 0.717) is 48.0 Å². The smallest absolute Gasteiger partial charge is 0.321 e. The number of carboxylic acid groups (broad SMARTS) is 1. The Morgan fingerprint density at radius 3 is 1.63 bits per heavy atom. The van der Waals surface area contributed by atoms with Gasteiger partial charge in [-0.2, -0.15) is 0 Å². The minimum Gasteiger partial charge on any atom is -0.508 e. The maximum absolute atomic E-state index is 14.8. The molecule has 0 unspecified atom stereocenters. The molecule has 30 heteroatoms. The van der Waals surface area contributed by atoms with Gasteiger partial charge in [0.25, 0.3) is 0 Å². The van der Waals surface area contributed by atoms with Gasteiger partial charge in [-0.1, -0.05) is 44.2 Å². The van der Waals surface area contributed by atoms with Crippen molar-refractivity contribution in [2.45, 2.75) is 134 Å². The molecule has 0 radical (unpaired) electrons. The van der Waals surface area contributed by atoms with E-state index >= 15 is 0 Å². The van der Waals surface area contributed by atoms with Gasteiger partial charge in [-0.05, 0) is 99.6 Å². The first-order valence-corrected chi connectivity index (χ1v) is 27.3. The van der Waals surface area contributed by atoms with Crippen molar-refractivity contribution in [1.29, 1.82) is 0 Å². The Labute approximate surface area is 480 Å². The molecule has 83 heavy (non-hydrogen) atoms. The summed E-state index contributed by atoms with van der Waals surface area (Å²) in [7, 11) is 0. The molecule has 6 atom stereocenters. The predicted molar refractivity (Wildman–Crippen MR) is 311 cm³/mol. The lowest BCUT2D eigenvalue weighted by Crippen LogP contribution is -2.60. The number of benzene rings is 2. The zero-order valence-electron chi connectivity index (χ0n) is 46.9. The predicted octanol–water partition coefficient (Wildman–Crippen LogP) is -2.80. The summed E-state index contributed by atoms with van der Waals surface area (Å²) < 4.78 is 0. The number of amides is 9. The number of phenolic OH excluding ortho intramolecular Hbond substituents is 1. The molecule has 25 N–H and O–H groups in total. The second-order valence-electron chi connectivity index (χ2n) is 20.0. The van der Waals surface area contributed by atoms with Gasteiger partial charge in [0, 0.05) is 62.5 Å². The molecule has 0 aliphatic carbocycles. The molecule has 0 aliphatic rings. The molecule has 0 bridgehead atoms. The van der Waals surface area contributed by atoms with E-state index in [1.54, 1.807) is 56.4 Å². The van der Waals surface area contributed by atoms with E-state index in [0.717, 1.165) is 0 Å². The number of H-pyrrole nitrogens is 1. The summed E-state index contributed by atoms with van der Waals surface area (Å²) in [5, 5.41) is 40.8. The van der Waals surface area contributed by atoms with Crippen molar-refractivity contribution in [3.05, 3.63) is 65.9 Å². The number of nitrogens with two attached hydrogens (primary N) is 7. The summed E-state index contributed by atoms with van der Waals surface area (Å²) in [5.41, 5.74) is 41.1. The Morgan fingerprint density at radius 1 is 0.578 bits per heavy atom. The van der Waals surface area contributed by atoms with Crippen LogP contribution in [0.3, 0.4) is 0 Å². The second kappa shape index (κ2) is 36.2. The minimum atomic E-state index is -1.47. The van der Waals surface area contributed by atoms with Gasteiger partial charge in [0.05, 0.1) is 6.42 Å². The third-order valence-corrected chi connectivity index (χ3v) is 12.6. The summed E-state index contributed by atoms with van der Waals surface area (Å²) in [4.78, 5) is 137. The Morgan fingerprint density at radius 2 is 1.08 bits per heavy atom. The molecule has 1 aromatic heterocycles. The zero-order valence-corrected chi connectivity index (χ0v) is 46.9. The highest BCUT2D eigenvalue weighted by Gasteiger charge is 2.34. The molecule has 9 amide bonds. The monoisotopic (exact) mass is 1160 g/mol. The summed E-state index contributed by atoms with van der Waals surface area (Å²) in [5.74, 6) is -8.07. The number of unbranched alkanes of at least 4 members (excludes halogenated alkanes) is 1. The van der Waals surface area contributed by atoms with Gasteiger partial charge in [0.2, 0.25) is 41.4 Å². The lowest BCUT2D eigenvalue weighted by Gasteiger charge is -2.28. The number of aromatic nitrogens is 1. The average molecular weight is 1160 g/mol. The molecule has 0 aliphatic heterocycles. The fourth-order valence-electron chi connectivity index (χ4n) is 8.35. The number of phenols is 1. The van der Waals surface area contributed by atoms with Gasteiger partial charge in [-0.3, -0.25) is 58.7 Å². The first-order valence-electron chi connectivity index (χ1n) is 27.3. The van der Waals surface area contributed by atoms with Crippen LogP contribution in [0, 0.1) is 5.92 Å². The molecule has 3 aromatic rings. The summed E-state index contributed by atoms with van der Waals surface area (Å²) in [6.07, 6.45) is 1.86. The number of carbonyl (C=O) groups is 9. The number of hydrogen-bond donors (Lipinski definition) is 18. The van der Waals surface area contributed by atoms with E-state index in [4.69, 9.17) is 40.1 Å². The zero-order chi connectivity index (χ0) is 61.4. The van der Waals surface area contributed by atoms with Crippen LogP contribution in [0.2, 0.25) is 0 Å². The number of carboxylic acids is 1. The number of fused-ring (bicyclic) bond motifs is 1. The van der Waals surface area contributed by atoms with Gasteiger partial charge in [-0.25, -0.2) is 4.79 Å². The molecule has 0 fully saturated rings. The maximum Gasteiger partial charge on any atom is 0.321 e. The third kappa shape index (κ3) is 26.7. The number of urea groups is 1. The third-order valence-electron chi connectivity index (χ3n) is 12.6. The highest BCUT2D eigenvalue weighted by molar-refractivity contribution is 5.98. The summed E-state index contributed by atoms with van der Waals surface area (Å²) in [6, 6.07) is 4.24. The number of nitrogens with zero attached hydrogens (tertiary/aromatic N) is 3. The minimum absolute atomic E-state index is 0.00806. The normalized spacial score (nSPS) is 13.4. The molecule has 456 valence electrons. The van der Waals surface area contributed by atoms with E-state index in [-0.39, 0.29) is 107 Å². The van der Waals surface area contributed by atoms with Crippen molar-refractivity contribution in [3.63, 3.8) is 0 Å². The van der Waals surface area contributed by atoms with E-state index in [9.17, 15) is 53.4 Å². The van der Waals surface area contributed by atoms with Crippen LogP contribution >= 0.6 is 0 Å². The van der Waals surface area contributed by atoms with Crippen molar-refractivity contribution in [2.75, 3.05) is 32.7 Å². The molecular weight excluding hydrogens is 1080 g/mol. The van der Waals surface area contributed by atoms with Gasteiger partial charge < -0.3 is 92.6 Å². The number of para-hydroxylation sites is 1. The number of rotatable bonds is 37. The lowest BCUT2D eigenvalue weighted by molar-refractivity contribution is -0.139. The standard InChI is InChI=1S/C53H83N19O11/c1-30(2)26-40(48(81)67-37(13-8-24-62-51(58)59)46(79)69-39(44(55)77)27-31-15-17-33(73)18-16-31)70-47(80)38(14-9-25-63-52(60)72-53(83)64-22-6-5-21-54)68-49(82)41(28-32-29-65-35-11-4-3-10-34(32)35)71-45(78)36(12-7-23-61-50(56)57)66-42(74)19-20-43(75)76/h3-4,10-11,15-18,29-30,36-41,65,73H,5-9,12-14,19-28,54H2,1-2H3,(H2,55,77)(H,66,74)(H,67,81)(H,68,82)(H,69,79)(H,70,80)(H,71,78)(H,75,76)(H4,56,57,61)(H4,58,59,62)(H4,60,63,64,72,83)/t36-,37-,38-,39-,40-,41-/m0/s1. The highest BCUT2D eigenvalue weighted by Crippen LogP contribution is 2.20. The van der Waals surface area contributed by atoms with Crippen LogP contribution in [-0.2, 0) is 51.2 Å². The van der Waals surface area contributed by atoms with Gasteiger partial charge in [0.1, 0.15) is 42.0 Å². The van der Waals surface area contributed by atoms with Crippen molar-refractivity contribution < 1.29 is 53.4 Å². The van der Waals surface area contributed by atoms with Gasteiger partial charge in [-0.15, -0.1) is 0 Å². The van der Waals surface area contributed by atoms with E-state index in [1.165, 1.54) is 12.1 Å². The van der Waals surface area contributed by atoms with Crippen molar-refractivity contribution in [3.8, 4) is 5.75 Å². The number of aromatic amines is 1. The van der Waals surface area contributed by atoms with E-state index < -0.39 is 102 Å². The molecule has 0 saturated carbocycles. The molecule has 1 heterocycles. The summed E-state index contributed by atoms with van der Waals surface area (Å²) >= 11 is 0. The number of carbonyl (C=O) groups excluding carboxylic acids is 8. The highest BCUT2D eigenvalue weighted by atomic mass is 16.4. The molecule has 0 spiro atoms. The number of nitrogens with one attached hydrogen (secondary N) is 9. The van der Waals surface area contributed by atoms with Crippen LogP contribution in [0.15, 0.2) is 69.7 Å². The maximum atomic E-state index is 14.8. The van der Waals surface area contributed by atoms with E-state index in [2.05, 4.69) is 62.5 Å². The molecule has 30 nitrogen and oxygen atoms in total. The van der Waals surface area contributed by atoms with Crippen LogP contribution in [0.5, 0.6) is 5.75 Å². The van der Waals surface area contributed by atoms with Crippen LogP contribution in [0.1, 0.15) is 95.6 Å². The number of aromatic hydroxyl groups is 1. The van der Waals surface area contributed by atoms with Crippen molar-refractivity contribution in [1.82, 2.24) is 47.5 Å². The van der Waals surface area contributed by atoms with Gasteiger partial charge in [0.15, 0.2) is 17.9 Å².